The highest BCUT2D eigenvalue weighted by Gasteiger charge is 2.26. The smallest absolute Gasteiger partial charge is 0.262 e. The number of ether oxygens (including phenoxy) is 2. The minimum atomic E-state index is -3.62. The maximum Gasteiger partial charge on any atom is 0.262 e. The Morgan fingerprint density at radius 1 is 1.14 bits per heavy atom. The van der Waals surface area contributed by atoms with Crippen molar-refractivity contribution in [2.45, 2.75) is 35.2 Å². The second-order valence-electron chi connectivity index (χ2n) is 8.68. The van der Waals surface area contributed by atoms with Crippen LogP contribution in [0.3, 0.4) is 0 Å². The molecule has 0 unspecified atom stereocenters. The fraction of sp³-hybridized carbons (Fsp3) is 0.400. The molecule has 1 aliphatic heterocycles. The number of aromatic nitrogens is 2. The van der Waals surface area contributed by atoms with Crippen LogP contribution in [-0.2, 0) is 24.3 Å². The van der Waals surface area contributed by atoms with Gasteiger partial charge in [0.05, 0.1) is 46.9 Å². The van der Waals surface area contributed by atoms with Gasteiger partial charge < -0.3 is 14.8 Å². The maximum absolute atomic E-state index is 13.2. The summed E-state index contributed by atoms with van der Waals surface area (Å²) in [6, 6.07) is 12.9. The molecule has 2 heterocycles. The molecule has 0 aliphatic carbocycles. The summed E-state index contributed by atoms with van der Waals surface area (Å²) in [7, 11) is -2.05. The van der Waals surface area contributed by atoms with E-state index in [2.05, 4.69) is 10.3 Å². The summed E-state index contributed by atoms with van der Waals surface area (Å²) in [5, 5.41) is 3.14. The van der Waals surface area contributed by atoms with E-state index in [9.17, 15) is 18.0 Å². The summed E-state index contributed by atoms with van der Waals surface area (Å²) < 4.78 is 39.1. The van der Waals surface area contributed by atoms with E-state index in [0.717, 1.165) is 0 Å². The Hall–Kier alpha value is -2.77. The molecule has 198 valence electrons. The summed E-state index contributed by atoms with van der Waals surface area (Å²) in [6.07, 6.45) is 0. The van der Waals surface area contributed by atoms with Gasteiger partial charge in [0.2, 0.25) is 15.9 Å². The number of carbonyl (C=O) groups excluding carboxylic acids is 1. The van der Waals surface area contributed by atoms with Gasteiger partial charge in [-0.25, -0.2) is 13.4 Å². The SMILES string of the molecule is COC[C@@H](C)n1c(S[C@H](C)C(=O)Nc2ccc(S(=O)(=O)N3CCOCC3)cc2)nc2ccccc2c1=O. The first-order valence-electron chi connectivity index (χ1n) is 11.9. The molecule has 0 saturated carbocycles. The molecule has 4 rings (SSSR count). The van der Waals surface area contributed by atoms with Crippen LogP contribution in [0, 0.1) is 0 Å². The number of benzene rings is 2. The largest absolute Gasteiger partial charge is 0.383 e. The van der Waals surface area contributed by atoms with Crippen molar-refractivity contribution in [3.8, 4) is 0 Å². The Bertz CT molecular complexity index is 1420. The number of amides is 1. The molecule has 1 aromatic heterocycles. The molecule has 10 nitrogen and oxygen atoms in total. The Balaban J connectivity index is 1.51. The number of hydrogen-bond donors (Lipinski definition) is 1. The average Bonchev–Trinajstić information content (AvgIpc) is 2.89. The van der Waals surface area contributed by atoms with E-state index < -0.39 is 15.3 Å². The van der Waals surface area contributed by atoms with Gasteiger partial charge in [0.15, 0.2) is 5.16 Å². The van der Waals surface area contributed by atoms with Crippen molar-refractivity contribution >= 4 is 44.3 Å². The zero-order valence-corrected chi connectivity index (χ0v) is 22.5. The number of anilines is 1. The lowest BCUT2D eigenvalue weighted by atomic mass is 10.2. The number of morpholine rings is 1. The van der Waals surface area contributed by atoms with E-state index in [4.69, 9.17) is 9.47 Å². The van der Waals surface area contributed by atoms with Crippen molar-refractivity contribution in [1.82, 2.24) is 13.9 Å². The lowest BCUT2D eigenvalue weighted by Crippen LogP contribution is -2.40. The minimum Gasteiger partial charge on any atom is -0.383 e. The molecule has 0 spiro atoms. The number of rotatable bonds is 9. The van der Waals surface area contributed by atoms with Crippen molar-refractivity contribution in [1.29, 1.82) is 0 Å². The number of carbonyl (C=O) groups is 1. The fourth-order valence-electron chi connectivity index (χ4n) is 4.01. The molecule has 3 aromatic rings. The van der Waals surface area contributed by atoms with Crippen LogP contribution in [0.4, 0.5) is 5.69 Å². The normalized spacial score (nSPS) is 16.4. The van der Waals surface area contributed by atoms with Gasteiger partial charge in [-0.05, 0) is 50.2 Å². The van der Waals surface area contributed by atoms with Gasteiger partial charge in [0.25, 0.3) is 5.56 Å². The van der Waals surface area contributed by atoms with Gasteiger partial charge >= 0.3 is 0 Å². The van der Waals surface area contributed by atoms with Crippen molar-refractivity contribution in [2.75, 3.05) is 45.3 Å². The van der Waals surface area contributed by atoms with E-state index in [-0.39, 0.29) is 22.4 Å². The van der Waals surface area contributed by atoms with Crippen molar-refractivity contribution in [3.05, 3.63) is 58.9 Å². The summed E-state index contributed by atoms with van der Waals surface area (Å²) >= 11 is 1.18. The fourth-order valence-corrected chi connectivity index (χ4v) is 6.43. The Kier molecular flexibility index (Phi) is 8.65. The zero-order chi connectivity index (χ0) is 26.6. The molecule has 1 amide bonds. The second-order valence-corrected chi connectivity index (χ2v) is 11.9. The van der Waals surface area contributed by atoms with Gasteiger partial charge in [-0.1, -0.05) is 23.9 Å². The second kappa shape index (κ2) is 11.7. The first-order valence-corrected chi connectivity index (χ1v) is 14.2. The van der Waals surface area contributed by atoms with E-state index in [0.29, 0.717) is 54.7 Å². The molecule has 1 aliphatic rings. The Labute approximate surface area is 220 Å². The number of hydrogen-bond acceptors (Lipinski definition) is 8. The minimum absolute atomic E-state index is 0.159. The van der Waals surface area contributed by atoms with Gasteiger partial charge in [-0.15, -0.1) is 0 Å². The first-order chi connectivity index (χ1) is 17.7. The number of thioether (sulfide) groups is 1. The molecule has 1 fully saturated rings. The van der Waals surface area contributed by atoms with Crippen LogP contribution in [0.25, 0.3) is 10.9 Å². The Morgan fingerprint density at radius 2 is 1.81 bits per heavy atom. The molecular weight excluding hydrogens is 516 g/mol. The van der Waals surface area contributed by atoms with Gasteiger partial charge in [-0.3, -0.25) is 14.2 Å². The van der Waals surface area contributed by atoms with E-state index >= 15 is 0 Å². The molecule has 0 radical (unpaired) electrons. The molecule has 0 bridgehead atoms. The molecular formula is C25H30N4O6S2. The van der Waals surface area contributed by atoms with Gasteiger partial charge in [0, 0.05) is 25.9 Å². The number of nitrogens with one attached hydrogen (secondary N) is 1. The summed E-state index contributed by atoms with van der Waals surface area (Å²) in [4.78, 5) is 31.0. The highest BCUT2D eigenvalue weighted by Crippen LogP contribution is 2.26. The van der Waals surface area contributed by atoms with Crippen molar-refractivity contribution in [2.24, 2.45) is 0 Å². The lowest BCUT2D eigenvalue weighted by Gasteiger charge is -2.26. The quantitative estimate of drug-likeness (QED) is 0.321. The predicted molar refractivity (Wildman–Crippen MR) is 143 cm³/mol. The molecule has 37 heavy (non-hydrogen) atoms. The van der Waals surface area contributed by atoms with E-state index in [1.54, 1.807) is 48.9 Å². The number of nitrogens with zero attached hydrogens (tertiary/aromatic N) is 3. The molecule has 1 saturated heterocycles. The molecule has 2 aromatic carbocycles. The van der Waals surface area contributed by atoms with Crippen LogP contribution < -0.4 is 10.9 Å². The number of para-hydroxylation sites is 1. The maximum atomic E-state index is 13.2. The van der Waals surface area contributed by atoms with Crippen LogP contribution in [0.5, 0.6) is 0 Å². The van der Waals surface area contributed by atoms with Crippen LogP contribution in [0.1, 0.15) is 19.9 Å². The summed E-state index contributed by atoms with van der Waals surface area (Å²) in [5.74, 6) is -0.304. The van der Waals surface area contributed by atoms with Crippen LogP contribution in [0.15, 0.2) is 63.4 Å². The third-order valence-corrected chi connectivity index (χ3v) is 8.98. The van der Waals surface area contributed by atoms with Crippen molar-refractivity contribution < 1.29 is 22.7 Å². The van der Waals surface area contributed by atoms with Crippen LogP contribution in [-0.4, -0.2) is 73.5 Å². The van der Waals surface area contributed by atoms with Gasteiger partial charge in [0.1, 0.15) is 0 Å². The highest BCUT2D eigenvalue weighted by atomic mass is 32.2. The summed E-state index contributed by atoms with van der Waals surface area (Å²) in [6.45, 7) is 5.26. The van der Waals surface area contributed by atoms with Crippen LogP contribution in [0.2, 0.25) is 0 Å². The molecule has 2 atom stereocenters. The van der Waals surface area contributed by atoms with E-state index in [1.807, 2.05) is 13.0 Å². The zero-order valence-electron chi connectivity index (χ0n) is 20.9. The number of fused-ring (bicyclic) bond motifs is 1. The van der Waals surface area contributed by atoms with Crippen molar-refractivity contribution in [3.63, 3.8) is 0 Å². The third kappa shape index (κ3) is 6.04. The standard InChI is InChI=1S/C25H30N4O6S2/c1-17(16-34-3)29-24(31)21-6-4-5-7-22(21)27-25(29)36-18(2)23(30)26-19-8-10-20(11-9-19)37(32,33)28-12-14-35-15-13-28/h4-11,17-18H,12-16H2,1-3H3,(H,26,30)/t17-,18-/m1/s1. The topological polar surface area (TPSA) is 120 Å². The highest BCUT2D eigenvalue weighted by molar-refractivity contribution is 8.00. The van der Waals surface area contributed by atoms with E-state index in [1.165, 1.54) is 28.2 Å². The molecule has 12 heteroatoms. The summed E-state index contributed by atoms with van der Waals surface area (Å²) in [5.41, 5.74) is 0.831. The van der Waals surface area contributed by atoms with Gasteiger partial charge in [-0.2, -0.15) is 4.31 Å². The average molecular weight is 547 g/mol. The van der Waals surface area contributed by atoms with Crippen LogP contribution >= 0.6 is 11.8 Å². The third-order valence-electron chi connectivity index (χ3n) is 6.01. The number of methoxy groups -OCH3 is 1. The Morgan fingerprint density at radius 3 is 2.49 bits per heavy atom. The molecule has 1 N–H and O–H groups in total. The predicted octanol–water partition coefficient (Wildman–Crippen LogP) is 2.74. The monoisotopic (exact) mass is 546 g/mol. The first kappa shape index (κ1) is 27.3. The lowest BCUT2D eigenvalue weighted by molar-refractivity contribution is -0.115. The number of sulfonamides is 1.